The molecule has 1 saturated heterocycles. The molecule has 0 amide bonds. The number of likely N-dealkylation sites (N-methyl/N-ethyl adjacent to an activating group) is 1. The number of hydrogen-bond donors (Lipinski definition) is 2. The van der Waals surface area contributed by atoms with Crippen molar-refractivity contribution in [2.45, 2.75) is 13.0 Å². The Morgan fingerprint density at radius 1 is 1.25 bits per heavy atom. The highest BCUT2D eigenvalue weighted by Gasteiger charge is 2.18. The quantitative estimate of drug-likeness (QED) is 0.749. The van der Waals surface area contributed by atoms with Gasteiger partial charge >= 0.3 is 0 Å². The lowest BCUT2D eigenvalue weighted by Crippen LogP contribution is -2.49. The Morgan fingerprint density at radius 2 is 1.95 bits per heavy atom. The van der Waals surface area contributed by atoms with E-state index in [9.17, 15) is 5.11 Å². The number of ether oxygens (including phenoxy) is 1. The molecule has 1 aliphatic heterocycles. The van der Waals surface area contributed by atoms with Crippen LogP contribution in [-0.4, -0.2) is 66.9 Å². The van der Waals surface area contributed by atoms with Crippen LogP contribution in [0, 0.1) is 0 Å². The first-order valence-electron chi connectivity index (χ1n) is 7.28. The Morgan fingerprint density at radius 3 is 2.60 bits per heavy atom. The summed E-state index contributed by atoms with van der Waals surface area (Å²) in [4.78, 5) is 4.71. The summed E-state index contributed by atoms with van der Waals surface area (Å²) in [5.74, 6) is 0.708. The molecule has 0 aromatic heterocycles. The highest BCUT2D eigenvalue weighted by molar-refractivity contribution is 5.43. The van der Waals surface area contributed by atoms with Crippen LogP contribution in [0.15, 0.2) is 24.3 Å². The second-order valence-corrected chi connectivity index (χ2v) is 5.27. The molecule has 5 heteroatoms. The third-order valence-corrected chi connectivity index (χ3v) is 3.68. The van der Waals surface area contributed by atoms with Crippen molar-refractivity contribution >= 4 is 5.69 Å². The van der Waals surface area contributed by atoms with Crippen molar-refractivity contribution in [1.82, 2.24) is 9.80 Å². The van der Waals surface area contributed by atoms with Gasteiger partial charge in [0.2, 0.25) is 0 Å². The van der Waals surface area contributed by atoms with E-state index in [1.807, 2.05) is 18.2 Å². The molecule has 0 bridgehead atoms. The van der Waals surface area contributed by atoms with E-state index < -0.39 is 6.10 Å². The minimum Gasteiger partial charge on any atom is -0.491 e. The van der Waals surface area contributed by atoms with Crippen molar-refractivity contribution < 1.29 is 9.84 Å². The molecule has 0 spiro atoms. The molecule has 20 heavy (non-hydrogen) atoms. The average Bonchev–Trinajstić information content (AvgIpc) is 2.46. The summed E-state index contributed by atoms with van der Waals surface area (Å²) in [5, 5.41) is 10.0. The number of benzene rings is 1. The lowest BCUT2D eigenvalue weighted by atomic mass is 10.2. The zero-order chi connectivity index (χ0) is 14.4. The Hall–Kier alpha value is -1.30. The molecule has 1 atom stereocenters. The minimum absolute atomic E-state index is 0.303. The lowest BCUT2D eigenvalue weighted by Gasteiger charge is -2.34. The van der Waals surface area contributed by atoms with Gasteiger partial charge in [0.05, 0.1) is 0 Å². The molecule has 1 aromatic carbocycles. The molecule has 1 aliphatic rings. The van der Waals surface area contributed by atoms with Crippen LogP contribution in [0.5, 0.6) is 5.75 Å². The fourth-order valence-electron chi connectivity index (χ4n) is 2.44. The van der Waals surface area contributed by atoms with Gasteiger partial charge in [-0.15, -0.1) is 0 Å². The van der Waals surface area contributed by atoms with E-state index in [0.717, 1.165) is 32.7 Å². The van der Waals surface area contributed by atoms with E-state index >= 15 is 0 Å². The van der Waals surface area contributed by atoms with E-state index in [1.54, 1.807) is 6.07 Å². The minimum atomic E-state index is -0.468. The maximum absolute atomic E-state index is 10.0. The third kappa shape index (κ3) is 4.67. The highest BCUT2D eigenvalue weighted by Crippen LogP contribution is 2.14. The summed E-state index contributed by atoms with van der Waals surface area (Å²) in [7, 11) is 0. The molecule has 0 saturated carbocycles. The summed E-state index contributed by atoms with van der Waals surface area (Å²) in [5.41, 5.74) is 6.36. The second kappa shape index (κ2) is 7.47. The number of β-amino-alcohol motifs (C(OH)–C–C–N with tert-alkyl or cyclic N) is 1. The average molecular weight is 279 g/mol. The Balaban J connectivity index is 1.69. The van der Waals surface area contributed by atoms with Gasteiger partial charge in [0.1, 0.15) is 18.5 Å². The normalized spacial score (nSPS) is 18.9. The van der Waals surface area contributed by atoms with E-state index in [0.29, 0.717) is 24.6 Å². The maximum atomic E-state index is 10.0. The number of rotatable bonds is 6. The van der Waals surface area contributed by atoms with Crippen molar-refractivity contribution in [2.75, 3.05) is 51.6 Å². The molecule has 112 valence electrons. The number of anilines is 1. The first-order valence-corrected chi connectivity index (χ1v) is 7.28. The number of nitrogen functional groups attached to an aromatic ring is 1. The van der Waals surface area contributed by atoms with Gasteiger partial charge in [0.15, 0.2) is 0 Å². The first kappa shape index (κ1) is 15.1. The van der Waals surface area contributed by atoms with Gasteiger partial charge in [-0.1, -0.05) is 13.0 Å². The van der Waals surface area contributed by atoms with E-state index in [2.05, 4.69) is 16.7 Å². The van der Waals surface area contributed by atoms with Gasteiger partial charge in [-0.25, -0.2) is 0 Å². The van der Waals surface area contributed by atoms with Crippen LogP contribution in [0.3, 0.4) is 0 Å². The molecule has 0 radical (unpaired) electrons. The Bertz CT molecular complexity index is 406. The Labute approximate surface area is 120 Å². The van der Waals surface area contributed by atoms with Crippen LogP contribution < -0.4 is 10.5 Å². The molecule has 2 rings (SSSR count). The fourth-order valence-corrected chi connectivity index (χ4v) is 2.44. The molecular formula is C15H25N3O2. The summed E-state index contributed by atoms with van der Waals surface area (Å²) in [6.45, 7) is 8.46. The number of aliphatic hydroxyl groups excluding tert-OH is 1. The van der Waals surface area contributed by atoms with Crippen molar-refractivity contribution in [3.05, 3.63) is 24.3 Å². The topological polar surface area (TPSA) is 62.0 Å². The molecule has 1 heterocycles. The van der Waals surface area contributed by atoms with Crippen LogP contribution in [0.4, 0.5) is 5.69 Å². The van der Waals surface area contributed by atoms with Gasteiger partial charge < -0.3 is 20.5 Å². The summed E-state index contributed by atoms with van der Waals surface area (Å²) in [6.07, 6.45) is -0.468. The summed E-state index contributed by atoms with van der Waals surface area (Å²) < 4.78 is 5.57. The van der Waals surface area contributed by atoms with Crippen LogP contribution >= 0.6 is 0 Å². The third-order valence-electron chi connectivity index (χ3n) is 3.68. The Kier molecular flexibility index (Phi) is 5.64. The highest BCUT2D eigenvalue weighted by atomic mass is 16.5. The van der Waals surface area contributed by atoms with Crippen molar-refractivity contribution in [3.8, 4) is 5.75 Å². The molecule has 3 N–H and O–H groups in total. The zero-order valence-electron chi connectivity index (χ0n) is 12.2. The SMILES string of the molecule is CCN1CCN(CC(O)COc2cccc(N)c2)CC1. The van der Waals surface area contributed by atoms with Crippen LogP contribution in [0.25, 0.3) is 0 Å². The molecule has 1 fully saturated rings. The van der Waals surface area contributed by atoms with Crippen molar-refractivity contribution in [2.24, 2.45) is 0 Å². The van der Waals surface area contributed by atoms with Gasteiger partial charge in [0, 0.05) is 44.5 Å². The van der Waals surface area contributed by atoms with Crippen LogP contribution in [0.2, 0.25) is 0 Å². The van der Waals surface area contributed by atoms with Crippen molar-refractivity contribution in [3.63, 3.8) is 0 Å². The molecular weight excluding hydrogens is 254 g/mol. The van der Waals surface area contributed by atoms with E-state index in [1.165, 1.54) is 0 Å². The van der Waals surface area contributed by atoms with Crippen LogP contribution in [0.1, 0.15) is 6.92 Å². The zero-order valence-corrected chi connectivity index (χ0v) is 12.2. The molecule has 0 aliphatic carbocycles. The standard InChI is InChI=1S/C15H25N3O2/c1-2-17-6-8-18(9-7-17)11-14(19)12-20-15-5-3-4-13(16)10-15/h3-5,10,14,19H,2,6-9,11-12,16H2,1H3. The molecule has 1 unspecified atom stereocenters. The smallest absolute Gasteiger partial charge is 0.121 e. The van der Waals surface area contributed by atoms with Gasteiger partial charge in [-0.05, 0) is 18.7 Å². The number of piperazine rings is 1. The first-order chi connectivity index (χ1) is 9.67. The summed E-state index contributed by atoms with van der Waals surface area (Å²) >= 11 is 0. The monoisotopic (exact) mass is 279 g/mol. The van der Waals surface area contributed by atoms with Crippen molar-refractivity contribution in [1.29, 1.82) is 0 Å². The van der Waals surface area contributed by atoms with Gasteiger partial charge in [-0.3, -0.25) is 4.90 Å². The van der Waals surface area contributed by atoms with Gasteiger partial charge in [-0.2, -0.15) is 0 Å². The fraction of sp³-hybridized carbons (Fsp3) is 0.600. The van der Waals surface area contributed by atoms with E-state index in [-0.39, 0.29) is 0 Å². The molecule has 5 nitrogen and oxygen atoms in total. The van der Waals surface area contributed by atoms with Crippen LogP contribution in [-0.2, 0) is 0 Å². The summed E-state index contributed by atoms with van der Waals surface area (Å²) in [6, 6.07) is 7.29. The predicted octanol–water partition coefficient (Wildman–Crippen LogP) is 0.646. The van der Waals surface area contributed by atoms with Gasteiger partial charge in [0.25, 0.3) is 0 Å². The number of nitrogens with two attached hydrogens (primary N) is 1. The number of aliphatic hydroxyl groups is 1. The van der Waals surface area contributed by atoms with E-state index in [4.69, 9.17) is 10.5 Å². The largest absolute Gasteiger partial charge is 0.491 e. The number of hydrogen-bond acceptors (Lipinski definition) is 5. The predicted molar refractivity (Wildman–Crippen MR) is 80.9 cm³/mol. The maximum Gasteiger partial charge on any atom is 0.121 e. The number of nitrogens with zero attached hydrogens (tertiary/aromatic N) is 2. The second-order valence-electron chi connectivity index (χ2n) is 5.27. The lowest BCUT2D eigenvalue weighted by molar-refractivity contribution is 0.0471. The molecule has 1 aromatic rings.